The largest absolute Gasteiger partial charge is 0.389 e. The maximum absolute atomic E-state index is 12.0. The number of nitrogens with zero attached hydrogens (tertiary/aromatic N) is 1. The van der Waals surface area contributed by atoms with Gasteiger partial charge >= 0.3 is 6.18 Å². The van der Waals surface area contributed by atoms with Crippen LogP contribution in [0.15, 0.2) is 0 Å². The van der Waals surface area contributed by atoms with Crippen molar-refractivity contribution >= 4 is 10.0 Å². The highest BCUT2D eigenvalue weighted by atomic mass is 32.2. The van der Waals surface area contributed by atoms with Crippen LogP contribution in [0.3, 0.4) is 0 Å². The van der Waals surface area contributed by atoms with Crippen molar-refractivity contribution in [3.8, 4) is 0 Å². The Morgan fingerprint density at radius 1 is 1.42 bits per heavy atom. The maximum Gasteiger partial charge on any atom is 0.389 e. The van der Waals surface area contributed by atoms with E-state index in [2.05, 4.69) is 5.32 Å². The summed E-state index contributed by atoms with van der Waals surface area (Å²) in [4.78, 5) is 0. The molecule has 19 heavy (non-hydrogen) atoms. The smallest absolute Gasteiger partial charge is 0.374 e. The van der Waals surface area contributed by atoms with Gasteiger partial charge in [-0.05, 0) is 13.5 Å². The summed E-state index contributed by atoms with van der Waals surface area (Å²) in [5, 5.41) is 2.88. The molecule has 9 heteroatoms. The van der Waals surface area contributed by atoms with Crippen LogP contribution in [0, 0.1) is 0 Å². The van der Waals surface area contributed by atoms with Crippen molar-refractivity contribution in [2.45, 2.75) is 25.1 Å². The van der Waals surface area contributed by atoms with Gasteiger partial charge in [-0.3, -0.25) is 0 Å². The Morgan fingerprint density at radius 3 is 2.68 bits per heavy atom. The highest BCUT2D eigenvalue weighted by molar-refractivity contribution is 7.89. The molecule has 0 aliphatic carbocycles. The quantitative estimate of drug-likeness (QED) is 0.780. The molecule has 1 unspecified atom stereocenters. The minimum Gasteiger partial charge on any atom is -0.374 e. The van der Waals surface area contributed by atoms with Gasteiger partial charge in [0.2, 0.25) is 10.0 Å². The monoisotopic (exact) mass is 304 g/mol. The van der Waals surface area contributed by atoms with Crippen molar-refractivity contribution in [3.05, 3.63) is 0 Å². The van der Waals surface area contributed by atoms with Crippen molar-refractivity contribution in [1.82, 2.24) is 9.62 Å². The fourth-order valence-corrected chi connectivity index (χ4v) is 3.39. The molecule has 1 fully saturated rings. The number of halogens is 3. The summed E-state index contributed by atoms with van der Waals surface area (Å²) in [7, 11) is -1.91. The Labute approximate surface area is 111 Å². The lowest BCUT2D eigenvalue weighted by Gasteiger charge is -2.32. The van der Waals surface area contributed by atoms with E-state index in [1.54, 1.807) is 7.05 Å². The van der Waals surface area contributed by atoms with Gasteiger partial charge in [-0.2, -0.15) is 17.5 Å². The minimum atomic E-state index is -4.31. The number of hydrogen-bond donors (Lipinski definition) is 1. The predicted molar refractivity (Wildman–Crippen MR) is 64.3 cm³/mol. The van der Waals surface area contributed by atoms with Crippen LogP contribution in [0.25, 0.3) is 0 Å². The van der Waals surface area contributed by atoms with E-state index in [4.69, 9.17) is 4.74 Å². The first-order valence-electron chi connectivity index (χ1n) is 6.05. The van der Waals surface area contributed by atoms with Crippen molar-refractivity contribution in [3.63, 3.8) is 0 Å². The first kappa shape index (κ1) is 16.7. The number of sulfonamides is 1. The van der Waals surface area contributed by atoms with Crippen LogP contribution in [0.2, 0.25) is 0 Å². The van der Waals surface area contributed by atoms with Gasteiger partial charge in [0.05, 0.1) is 18.5 Å². The average molecular weight is 304 g/mol. The Balaban J connectivity index is 2.47. The molecule has 114 valence electrons. The second-order valence-corrected chi connectivity index (χ2v) is 6.53. The third kappa shape index (κ3) is 6.07. The molecule has 1 aliphatic rings. The summed E-state index contributed by atoms with van der Waals surface area (Å²) in [6.07, 6.45) is -6.04. The summed E-state index contributed by atoms with van der Waals surface area (Å²) < 4.78 is 66.4. The number of ether oxygens (including phenoxy) is 1. The summed E-state index contributed by atoms with van der Waals surface area (Å²) in [5.74, 6) is -0.473. The Hall–Kier alpha value is -0.380. The molecule has 0 aromatic carbocycles. The van der Waals surface area contributed by atoms with Crippen LogP contribution < -0.4 is 5.32 Å². The Kier molecular flexibility index (Phi) is 6.03. The lowest BCUT2D eigenvalue weighted by atomic mass is 10.3. The van der Waals surface area contributed by atoms with Crippen molar-refractivity contribution < 1.29 is 26.3 Å². The number of morpholine rings is 1. The van der Waals surface area contributed by atoms with E-state index in [0.29, 0.717) is 6.54 Å². The fraction of sp³-hybridized carbons (Fsp3) is 1.00. The van der Waals surface area contributed by atoms with Gasteiger partial charge in [-0.25, -0.2) is 8.42 Å². The molecule has 0 amide bonds. The SMILES string of the molecule is CNCC1CN(S(=O)(=O)CCCC(F)(F)F)CCO1. The molecule has 1 atom stereocenters. The molecule has 1 rings (SSSR count). The lowest BCUT2D eigenvalue weighted by Crippen LogP contribution is -2.49. The van der Waals surface area contributed by atoms with E-state index in [1.165, 1.54) is 4.31 Å². The minimum absolute atomic E-state index is 0.190. The molecular formula is C10H19F3N2O3S. The van der Waals surface area contributed by atoms with Crippen LogP contribution >= 0.6 is 0 Å². The van der Waals surface area contributed by atoms with Crippen molar-refractivity contribution in [2.75, 3.05) is 39.0 Å². The number of nitrogens with one attached hydrogen (secondary N) is 1. The zero-order valence-electron chi connectivity index (χ0n) is 10.7. The van der Waals surface area contributed by atoms with Crippen LogP contribution in [0.4, 0.5) is 13.2 Å². The molecule has 0 spiro atoms. The van der Waals surface area contributed by atoms with Gasteiger partial charge in [0, 0.05) is 26.1 Å². The zero-order chi connectivity index (χ0) is 14.5. The van der Waals surface area contributed by atoms with Gasteiger partial charge < -0.3 is 10.1 Å². The molecule has 0 aromatic heterocycles. The van der Waals surface area contributed by atoms with E-state index in [1.807, 2.05) is 0 Å². The molecule has 0 bridgehead atoms. The summed E-state index contributed by atoms with van der Waals surface area (Å²) in [6.45, 7) is 1.17. The molecule has 0 aromatic rings. The molecule has 0 saturated carbocycles. The standard InChI is InChI=1S/C10H19F3N2O3S/c1-14-7-9-8-15(4-5-18-9)19(16,17)6-2-3-10(11,12)13/h9,14H,2-8H2,1H3. The van der Waals surface area contributed by atoms with E-state index >= 15 is 0 Å². The van der Waals surface area contributed by atoms with E-state index < -0.39 is 34.8 Å². The molecule has 0 radical (unpaired) electrons. The molecule has 1 N–H and O–H groups in total. The van der Waals surface area contributed by atoms with Gasteiger partial charge in [0.25, 0.3) is 0 Å². The number of hydrogen-bond acceptors (Lipinski definition) is 4. The molecular weight excluding hydrogens is 285 g/mol. The fourth-order valence-electron chi connectivity index (χ4n) is 1.88. The second kappa shape index (κ2) is 6.87. The van der Waals surface area contributed by atoms with Crippen LogP contribution in [-0.2, 0) is 14.8 Å². The van der Waals surface area contributed by atoms with E-state index in [0.717, 1.165) is 0 Å². The number of rotatable bonds is 6. The normalized spacial score (nSPS) is 22.6. The summed E-state index contributed by atoms with van der Waals surface area (Å²) in [5.41, 5.74) is 0. The molecule has 1 saturated heterocycles. The van der Waals surface area contributed by atoms with Crippen LogP contribution in [-0.4, -0.2) is 64.0 Å². The first-order valence-corrected chi connectivity index (χ1v) is 7.66. The molecule has 5 nitrogen and oxygen atoms in total. The average Bonchev–Trinajstić information content (AvgIpc) is 2.28. The molecule has 1 heterocycles. The number of alkyl halides is 3. The molecule has 1 aliphatic heterocycles. The van der Waals surface area contributed by atoms with Crippen molar-refractivity contribution in [2.24, 2.45) is 0 Å². The maximum atomic E-state index is 12.0. The van der Waals surface area contributed by atoms with Crippen LogP contribution in [0.1, 0.15) is 12.8 Å². The summed E-state index contributed by atoms with van der Waals surface area (Å²) >= 11 is 0. The van der Waals surface area contributed by atoms with Gasteiger partial charge in [0.15, 0.2) is 0 Å². The third-order valence-corrected chi connectivity index (χ3v) is 4.71. The highest BCUT2D eigenvalue weighted by Gasteiger charge is 2.31. The third-order valence-electron chi connectivity index (χ3n) is 2.79. The number of likely N-dealkylation sites (N-methyl/N-ethyl adjacent to an activating group) is 1. The Bertz CT molecular complexity index is 371. The van der Waals surface area contributed by atoms with E-state index in [-0.39, 0.29) is 25.8 Å². The lowest BCUT2D eigenvalue weighted by molar-refractivity contribution is -0.134. The topological polar surface area (TPSA) is 58.6 Å². The predicted octanol–water partition coefficient (Wildman–Crippen LogP) is 0.579. The van der Waals surface area contributed by atoms with Crippen LogP contribution in [0.5, 0.6) is 0 Å². The van der Waals surface area contributed by atoms with Crippen molar-refractivity contribution in [1.29, 1.82) is 0 Å². The Morgan fingerprint density at radius 2 is 2.11 bits per heavy atom. The second-order valence-electron chi connectivity index (χ2n) is 4.44. The van der Waals surface area contributed by atoms with Gasteiger partial charge in [-0.15, -0.1) is 0 Å². The van der Waals surface area contributed by atoms with Gasteiger partial charge in [-0.1, -0.05) is 0 Å². The van der Waals surface area contributed by atoms with Gasteiger partial charge in [0.1, 0.15) is 0 Å². The van der Waals surface area contributed by atoms with E-state index in [9.17, 15) is 21.6 Å². The highest BCUT2D eigenvalue weighted by Crippen LogP contribution is 2.22. The zero-order valence-corrected chi connectivity index (χ0v) is 11.6. The summed E-state index contributed by atoms with van der Waals surface area (Å²) in [6, 6.07) is 0. The first-order chi connectivity index (χ1) is 8.74.